The van der Waals surface area contributed by atoms with Crippen LogP contribution in [0.5, 0.6) is 11.5 Å². The predicted octanol–water partition coefficient (Wildman–Crippen LogP) is 1.39. The van der Waals surface area contributed by atoms with Crippen molar-refractivity contribution < 1.29 is 33.3 Å². The van der Waals surface area contributed by atoms with Crippen molar-refractivity contribution in [3.05, 3.63) is 23.8 Å². The molecule has 0 aliphatic carbocycles. The number of ether oxygens (including phenoxy) is 4. The third kappa shape index (κ3) is 7.22. The maximum atomic E-state index is 12.3. The van der Waals surface area contributed by atoms with Crippen LogP contribution in [0.25, 0.3) is 0 Å². The minimum atomic E-state index is -0.647. The zero-order valence-corrected chi connectivity index (χ0v) is 17.8. The normalized spacial score (nSPS) is 14.6. The highest BCUT2D eigenvalue weighted by Crippen LogP contribution is 2.29. The SMILES string of the molecule is CCOc1cc(C(=O)OCC(=O)N[C@@H](C)CC)ccc1OCC(=O)N1CCOCC1. The lowest BCUT2D eigenvalue weighted by Crippen LogP contribution is -2.43. The van der Waals surface area contributed by atoms with Gasteiger partial charge in [0.15, 0.2) is 24.7 Å². The van der Waals surface area contributed by atoms with Gasteiger partial charge in [0.1, 0.15) is 0 Å². The van der Waals surface area contributed by atoms with Crippen LogP contribution < -0.4 is 14.8 Å². The van der Waals surface area contributed by atoms with Crippen LogP contribution in [0.4, 0.5) is 0 Å². The Bertz CT molecular complexity index is 732. The summed E-state index contributed by atoms with van der Waals surface area (Å²) in [5.41, 5.74) is 0.224. The van der Waals surface area contributed by atoms with Crippen molar-refractivity contribution in [1.29, 1.82) is 0 Å². The van der Waals surface area contributed by atoms with Crippen LogP contribution in [0.1, 0.15) is 37.6 Å². The molecule has 0 bridgehead atoms. The van der Waals surface area contributed by atoms with E-state index < -0.39 is 5.97 Å². The summed E-state index contributed by atoms with van der Waals surface area (Å²) in [5.74, 6) is -0.470. The fourth-order valence-corrected chi connectivity index (χ4v) is 2.70. The van der Waals surface area contributed by atoms with Crippen molar-refractivity contribution in [3.63, 3.8) is 0 Å². The van der Waals surface area contributed by atoms with Gasteiger partial charge < -0.3 is 29.2 Å². The molecule has 1 saturated heterocycles. The van der Waals surface area contributed by atoms with Crippen molar-refractivity contribution in [2.75, 3.05) is 46.1 Å². The highest BCUT2D eigenvalue weighted by molar-refractivity contribution is 5.92. The Morgan fingerprint density at radius 3 is 2.50 bits per heavy atom. The molecule has 1 aliphatic rings. The molecule has 2 amide bonds. The fourth-order valence-electron chi connectivity index (χ4n) is 2.70. The number of hydrogen-bond donors (Lipinski definition) is 1. The van der Waals surface area contributed by atoms with Gasteiger partial charge in [0.2, 0.25) is 0 Å². The summed E-state index contributed by atoms with van der Waals surface area (Å²) in [6.07, 6.45) is 0.785. The van der Waals surface area contributed by atoms with Gasteiger partial charge in [-0.05, 0) is 38.5 Å². The van der Waals surface area contributed by atoms with Crippen LogP contribution in [0.3, 0.4) is 0 Å². The minimum Gasteiger partial charge on any atom is -0.490 e. The number of hydrogen-bond acceptors (Lipinski definition) is 7. The van der Waals surface area contributed by atoms with E-state index in [0.717, 1.165) is 6.42 Å². The third-order valence-electron chi connectivity index (χ3n) is 4.55. The first-order valence-corrected chi connectivity index (χ1v) is 10.2. The molecule has 1 aromatic carbocycles. The van der Waals surface area contributed by atoms with Gasteiger partial charge in [-0.3, -0.25) is 9.59 Å². The van der Waals surface area contributed by atoms with E-state index in [2.05, 4.69) is 5.32 Å². The Labute approximate surface area is 176 Å². The zero-order valence-electron chi connectivity index (χ0n) is 17.8. The zero-order chi connectivity index (χ0) is 21.9. The molecule has 2 rings (SSSR count). The maximum absolute atomic E-state index is 12.3. The number of amides is 2. The second-order valence-corrected chi connectivity index (χ2v) is 6.83. The molecule has 0 saturated carbocycles. The Morgan fingerprint density at radius 2 is 1.83 bits per heavy atom. The molecule has 1 heterocycles. The summed E-state index contributed by atoms with van der Waals surface area (Å²) >= 11 is 0. The summed E-state index contributed by atoms with van der Waals surface area (Å²) in [5, 5.41) is 2.73. The van der Waals surface area contributed by atoms with Gasteiger partial charge in [-0.2, -0.15) is 0 Å². The van der Waals surface area contributed by atoms with E-state index in [0.29, 0.717) is 44.4 Å². The highest BCUT2D eigenvalue weighted by atomic mass is 16.5. The van der Waals surface area contributed by atoms with Crippen molar-refractivity contribution >= 4 is 17.8 Å². The Kier molecular flexibility index (Phi) is 9.40. The number of rotatable bonds is 10. The smallest absolute Gasteiger partial charge is 0.338 e. The highest BCUT2D eigenvalue weighted by Gasteiger charge is 2.19. The van der Waals surface area contributed by atoms with Crippen LogP contribution in [0.2, 0.25) is 0 Å². The predicted molar refractivity (Wildman–Crippen MR) is 109 cm³/mol. The molecule has 1 fully saturated rings. The summed E-state index contributed by atoms with van der Waals surface area (Å²) in [4.78, 5) is 38.0. The largest absolute Gasteiger partial charge is 0.490 e. The fraction of sp³-hybridized carbons (Fsp3) is 0.571. The number of carbonyl (C=O) groups is 3. The van der Waals surface area contributed by atoms with Crippen molar-refractivity contribution in [1.82, 2.24) is 10.2 Å². The van der Waals surface area contributed by atoms with Crippen LogP contribution in [0.15, 0.2) is 18.2 Å². The van der Waals surface area contributed by atoms with E-state index in [1.165, 1.54) is 12.1 Å². The molecule has 1 aromatic rings. The van der Waals surface area contributed by atoms with E-state index in [1.54, 1.807) is 17.9 Å². The quantitative estimate of drug-likeness (QED) is 0.569. The first-order valence-electron chi connectivity index (χ1n) is 10.2. The van der Waals surface area contributed by atoms with Gasteiger partial charge in [0.05, 0.1) is 25.4 Å². The Balaban J connectivity index is 1.95. The van der Waals surface area contributed by atoms with E-state index in [-0.39, 0.29) is 36.6 Å². The van der Waals surface area contributed by atoms with E-state index in [4.69, 9.17) is 18.9 Å². The molecule has 1 atom stereocenters. The first kappa shape index (κ1) is 23.5. The number of benzene rings is 1. The van der Waals surface area contributed by atoms with Gasteiger partial charge >= 0.3 is 5.97 Å². The van der Waals surface area contributed by atoms with E-state index in [9.17, 15) is 14.4 Å². The average molecular weight is 422 g/mol. The molecule has 1 N–H and O–H groups in total. The monoisotopic (exact) mass is 422 g/mol. The molecule has 1 aliphatic heterocycles. The summed E-state index contributed by atoms with van der Waals surface area (Å²) in [6, 6.07) is 4.55. The van der Waals surface area contributed by atoms with Crippen molar-refractivity contribution in [3.8, 4) is 11.5 Å². The van der Waals surface area contributed by atoms with Gasteiger partial charge in [0, 0.05) is 19.1 Å². The first-order chi connectivity index (χ1) is 14.4. The number of carbonyl (C=O) groups excluding carboxylic acids is 3. The van der Waals surface area contributed by atoms with Crippen LogP contribution >= 0.6 is 0 Å². The van der Waals surface area contributed by atoms with E-state index in [1.807, 2.05) is 13.8 Å². The summed E-state index contributed by atoms with van der Waals surface area (Å²) in [7, 11) is 0. The molecule has 0 aromatic heterocycles. The molecular weight excluding hydrogens is 392 g/mol. The Morgan fingerprint density at radius 1 is 1.10 bits per heavy atom. The van der Waals surface area contributed by atoms with Crippen molar-refractivity contribution in [2.45, 2.75) is 33.2 Å². The number of morpholine rings is 1. The standard InChI is InChI=1S/C21H30N2O7/c1-4-15(3)22-19(24)13-30-21(26)16-6-7-17(18(12-16)28-5-2)29-14-20(25)23-8-10-27-11-9-23/h6-7,12,15H,4-5,8-11,13-14H2,1-3H3,(H,22,24)/t15-/m0/s1. The molecule has 0 spiro atoms. The molecule has 30 heavy (non-hydrogen) atoms. The summed E-state index contributed by atoms with van der Waals surface area (Å²) in [6.45, 7) is 7.58. The molecule has 0 radical (unpaired) electrons. The average Bonchev–Trinajstić information content (AvgIpc) is 2.77. The second kappa shape index (κ2) is 12.0. The molecule has 0 unspecified atom stereocenters. The van der Waals surface area contributed by atoms with Crippen LogP contribution in [-0.4, -0.2) is 74.8 Å². The molecule has 166 valence electrons. The number of esters is 1. The lowest BCUT2D eigenvalue weighted by Gasteiger charge is -2.26. The molecule has 9 nitrogen and oxygen atoms in total. The molecule has 9 heteroatoms. The number of nitrogens with zero attached hydrogens (tertiary/aromatic N) is 1. The topological polar surface area (TPSA) is 103 Å². The lowest BCUT2D eigenvalue weighted by atomic mass is 10.2. The van der Waals surface area contributed by atoms with Crippen LogP contribution in [-0.2, 0) is 19.1 Å². The molecular formula is C21H30N2O7. The summed E-state index contributed by atoms with van der Waals surface area (Å²) < 4.78 is 21.5. The second-order valence-electron chi connectivity index (χ2n) is 6.83. The van der Waals surface area contributed by atoms with Crippen LogP contribution in [0, 0.1) is 0 Å². The van der Waals surface area contributed by atoms with E-state index >= 15 is 0 Å². The lowest BCUT2D eigenvalue weighted by molar-refractivity contribution is -0.137. The van der Waals surface area contributed by atoms with Crippen molar-refractivity contribution in [2.24, 2.45) is 0 Å². The van der Waals surface area contributed by atoms with Gasteiger partial charge in [-0.25, -0.2) is 4.79 Å². The number of nitrogens with one attached hydrogen (secondary N) is 1. The Hall–Kier alpha value is -2.81. The third-order valence-corrected chi connectivity index (χ3v) is 4.55. The van der Waals surface area contributed by atoms with Gasteiger partial charge in [0.25, 0.3) is 11.8 Å². The maximum Gasteiger partial charge on any atom is 0.338 e. The minimum absolute atomic E-state index is 0.0114. The van der Waals surface area contributed by atoms with Gasteiger partial charge in [-0.15, -0.1) is 0 Å². The van der Waals surface area contributed by atoms with Gasteiger partial charge in [-0.1, -0.05) is 6.92 Å².